The van der Waals surface area contributed by atoms with Gasteiger partial charge in [0.05, 0.1) is 13.3 Å². The molecule has 6 nitrogen and oxygen atoms in total. The van der Waals surface area contributed by atoms with Crippen LogP contribution in [0.2, 0.25) is 0 Å². The molecule has 1 atom stereocenters. The number of nitrogens with one attached hydrogen (secondary N) is 1. The van der Waals surface area contributed by atoms with Crippen molar-refractivity contribution in [2.24, 2.45) is 5.10 Å². The van der Waals surface area contributed by atoms with Crippen molar-refractivity contribution in [2.75, 3.05) is 7.11 Å². The van der Waals surface area contributed by atoms with Crippen LogP contribution in [0.15, 0.2) is 52.0 Å². The Bertz CT molecular complexity index is 763. The quantitative estimate of drug-likeness (QED) is 0.501. The summed E-state index contributed by atoms with van der Waals surface area (Å²) >= 11 is 3.36. The molecule has 0 spiro atoms. The van der Waals surface area contributed by atoms with E-state index in [9.17, 15) is 9.90 Å². The topological polar surface area (TPSA) is 80.2 Å². The summed E-state index contributed by atoms with van der Waals surface area (Å²) in [5.41, 5.74) is 3.17. The number of benzene rings is 2. The van der Waals surface area contributed by atoms with Crippen LogP contribution in [0.1, 0.15) is 25.3 Å². The van der Waals surface area contributed by atoms with Gasteiger partial charge in [0.15, 0.2) is 17.6 Å². The molecule has 0 radical (unpaired) electrons. The van der Waals surface area contributed by atoms with Crippen LogP contribution in [-0.4, -0.2) is 30.4 Å². The number of nitrogens with zero attached hydrogens (tertiary/aromatic N) is 1. The van der Waals surface area contributed by atoms with E-state index in [1.54, 1.807) is 24.3 Å². The summed E-state index contributed by atoms with van der Waals surface area (Å²) in [6.07, 6.45) is 2.22. The molecule has 2 N–H and O–H groups in total. The maximum Gasteiger partial charge on any atom is 0.281 e. The zero-order valence-corrected chi connectivity index (χ0v) is 16.2. The molecule has 0 aromatic heterocycles. The van der Waals surface area contributed by atoms with Gasteiger partial charge in [-0.2, -0.15) is 5.10 Å². The number of phenolic OH excluding ortho intramolecular Hbond substituents is 1. The number of methoxy groups -OCH3 is 1. The van der Waals surface area contributed by atoms with Crippen LogP contribution in [0, 0.1) is 0 Å². The Morgan fingerprint density at radius 1 is 1.31 bits per heavy atom. The highest BCUT2D eigenvalue weighted by atomic mass is 79.9. The normalized spacial score (nSPS) is 12.0. The van der Waals surface area contributed by atoms with E-state index in [0.29, 0.717) is 23.5 Å². The number of hydrogen-bond donors (Lipinski definition) is 2. The van der Waals surface area contributed by atoms with E-state index < -0.39 is 6.10 Å². The zero-order chi connectivity index (χ0) is 18.9. The minimum atomic E-state index is -0.632. The van der Waals surface area contributed by atoms with Crippen molar-refractivity contribution in [1.29, 1.82) is 0 Å². The summed E-state index contributed by atoms with van der Waals surface area (Å²) in [4.78, 5) is 12.3. The molecular formula is C19H21BrN2O4. The molecule has 0 aliphatic carbocycles. The molecule has 0 bridgehead atoms. The lowest BCUT2D eigenvalue weighted by atomic mass is 10.2. The SMILES string of the molecule is CCCC(Oc1ccc(Br)cc1)C(=O)N/N=C/c1ccc(O)c(OC)c1. The lowest BCUT2D eigenvalue weighted by Gasteiger charge is -2.16. The number of amides is 1. The summed E-state index contributed by atoms with van der Waals surface area (Å²) in [5.74, 6) is 0.674. The third-order valence-electron chi connectivity index (χ3n) is 3.53. The number of hydrazone groups is 1. The minimum absolute atomic E-state index is 0.0413. The minimum Gasteiger partial charge on any atom is -0.504 e. The number of hydrogen-bond acceptors (Lipinski definition) is 5. The van der Waals surface area contributed by atoms with Gasteiger partial charge < -0.3 is 14.6 Å². The maximum absolute atomic E-state index is 12.3. The molecule has 0 saturated heterocycles. The molecule has 0 aliphatic heterocycles. The first-order valence-electron chi connectivity index (χ1n) is 8.15. The van der Waals surface area contributed by atoms with E-state index >= 15 is 0 Å². The Morgan fingerprint density at radius 3 is 2.69 bits per heavy atom. The fourth-order valence-corrected chi connectivity index (χ4v) is 2.46. The molecule has 1 amide bonds. The van der Waals surface area contributed by atoms with Crippen LogP contribution in [0.4, 0.5) is 0 Å². The predicted octanol–water partition coefficient (Wildman–Crippen LogP) is 3.86. The highest BCUT2D eigenvalue weighted by Crippen LogP contribution is 2.25. The fraction of sp³-hybridized carbons (Fsp3) is 0.263. The van der Waals surface area contributed by atoms with Gasteiger partial charge >= 0.3 is 0 Å². The van der Waals surface area contributed by atoms with Crippen LogP contribution < -0.4 is 14.9 Å². The molecule has 0 aliphatic rings. The van der Waals surface area contributed by atoms with Crippen molar-refractivity contribution in [2.45, 2.75) is 25.9 Å². The van der Waals surface area contributed by atoms with Crippen molar-refractivity contribution in [3.63, 3.8) is 0 Å². The summed E-state index contributed by atoms with van der Waals surface area (Å²) in [6, 6.07) is 12.1. The number of ether oxygens (including phenoxy) is 2. The standard InChI is InChI=1S/C19H21BrN2O4/c1-3-4-17(26-15-8-6-14(20)7-9-15)19(24)22-21-12-13-5-10-16(23)18(11-13)25-2/h5-12,17,23H,3-4H2,1-2H3,(H,22,24)/b21-12+. The number of rotatable bonds is 8. The first-order chi connectivity index (χ1) is 12.5. The summed E-state index contributed by atoms with van der Waals surface area (Å²) < 4.78 is 11.7. The molecule has 2 aromatic rings. The Kier molecular flexibility index (Phi) is 7.47. The molecule has 0 saturated carbocycles. The number of aromatic hydroxyl groups is 1. The van der Waals surface area contributed by atoms with Gasteiger partial charge in [0, 0.05) is 4.47 Å². The van der Waals surface area contributed by atoms with Crippen molar-refractivity contribution in [1.82, 2.24) is 5.43 Å². The summed E-state index contributed by atoms with van der Waals surface area (Å²) in [7, 11) is 1.46. The van der Waals surface area contributed by atoms with Gasteiger partial charge in [-0.1, -0.05) is 29.3 Å². The molecule has 0 fully saturated rings. The smallest absolute Gasteiger partial charge is 0.281 e. The van der Waals surface area contributed by atoms with Crippen LogP contribution in [-0.2, 0) is 4.79 Å². The fourth-order valence-electron chi connectivity index (χ4n) is 2.20. The number of phenols is 1. The second-order valence-electron chi connectivity index (χ2n) is 5.51. The maximum atomic E-state index is 12.3. The molecule has 26 heavy (non-hydrogen) atoms. The zero-order valence-electron chi connectivity index (χ0n) is 14.6. The number of carbonyl (C=O) groups is 1. The number of carbonyl (C=O) groups excluding carboxylic acids is 1. The van der Waals surface area contributed by atoms with Gasteiger partial charge in [-0.05, 0) is 54.4 Å². The Morgan fingerprint density at radius 2 is 2.04 bits per heavy atom. The average Bonchev–Trinajstić information content (AvgIpc) is 2.64. The average molecular weight is 421 g/mol. The summed E-state index contributed by atoms with van der Waals surface area (Å²) in [6.45, 7) is 1.98. The monoisotopic (exact) mass is 420 g/mol. The lowest BCUT2D eigenvalue weighted by molar-refractivity contribution is -0.128. The first kappa shape index (κ1) is 19.8. The molecule has 0 heterocycles. The van der Waals surface area contributed by atoms with E-state index in [0.717, 1.165) is 10.9 Å². The second kappa shape index (κ2) is 9.82. The Hall–Kier alpha value is -2.54. The number of halogens is 1. The van der Waals surface area contributed by atoms with Crippen molar-refractivity contribution in [3.8, 4) is 17.2 Å². The van der Waals surface area contributed by atoms with Gasteiger partial charge in [-0.3, -0.25) is 4.79 Å². The Labute approximate surface area is 161 Å². The van der Waals surface area contributed by atoms with E-state index in [2.05, 4.69) is 26.5 Å². The van der Waals surface area contributed by atoms with Crippen LogP contribution in [0.5, 0.6) is 17.2 Å². The van der Waals surface area contributed by atoms with Gasteiger partial charge in [0.2, 0.25) is 0 Å². The molecule has 1 unspecified atom stereocenters. The highest BCUT2D eigenvalue weighted by Gasteiger charge is 2.19. The van der Waals surface area contributed by atoms with E-state index in [4.69, 9.17) is 9.47 Å². The first-order valence-corrected chi connectivity index (χ1v) is 8.95. The van der Waals surface area contributed by atoms with Gasteiger partial charge in [-0.25, -0.2) is 5.43 Å². The van der Waals surface area contributed by atoms with Crippen LogP contribution >= 0.6 is 15.9 Å². The molecule has 2 rings (SSSR count). The largest absolute Gasteiger partial charge is 0.504 e. The van der Waals surface area contributed by atoms with E-state index in [1.165, 1.54) is 19.4 Å². The predicted molar refractivity (Wildman–Crippen MR) is 104 cm³/mol. The molecular weight excluding hydrogens is 400 g/mol. The summed E-state index contributed by atoms with van der Waals surface area (Å²) in [5, 5.41) is 13.5. The van der Waals surface area contributed by atoms with Gasteiger partial charge in [0.25, 0.3) is 5.91 Å². The Balaban J connectivity index is 1.99. The molecule has 138 valence electrons. The second-order valence-corrected chi connectivity index (χ2v) is 6.43. The lowest BCUT2D eigenvalue weighted by Crippen LogP contribution is -2.35. The molecule has 7 heteroatoms. The van der Waals surface area contributed by atoms with E-state index in [-0.39, 0.29) is 11.7 Å². The van der Waals surface area contributed by atoms with Gasteiger partial charge in [-0.15, -0.1) is 0 Å². The van der Waals surface area contributed by atoms with Crippen molar-refractivity contribution in [3.05, 3.63) is 52.5 Å². The van der Waals surface area contributed by atoms with E-state index in [1.807, 2.05) is 19.1 Å². The van der Waals surface area contributed by atoms with Crippen molar-refractivity contribution < 1.29 is 19.4 Å². The van der Waals surface area contributed by atoms with Crippen LogP contribution in [0.3, 0.4) is 0 Å². The highest BCUT2D eigenvalue weighted by molar-refractivity contribution is 9.10. The molecule has 2 aromatic carbocycles. The van der Waals surface area contributed by atoms with Gasteiger partial charge in [0.1, 0.15) is 5.75 Å². The third kappa shape index (κ3) is 5.77. The third-order valence-corrected chi connectivity index (χ3v) is 4.06. The van der Waals surface area contributed by atoms with Crippen molar-refractivity contribution >= 4 is 28.1 Å². The van der Waals surface area contributed by atoms with Crippen LogP contribution in [0.25, 0.3) is 0 Å².